The van der Waals surface area contributed by atoms with Gasteiger partial charge in [-0.25, -0.2) is 0 Å². The van der Waals surface area contributed by atoms with Crippen molar-refractivity contribution in [2.45, 2.75) is 19.8 Å². The summed E-state index contributed by atoms with van der Waals surface area (Å²) in [5.41, 5.74) is 0. The Labute approximate surface area is 69.1 Å². The highest BCUT2D eigenvalue weighted by molar-refractivity contribution is 4.88. The Balaban J connectivity index is 2.12. The molecule has 0 unspecified atom stereocenters. The number of hydrogen-bond acceptors (Lipinski definition) is 3. The van der Waals surface area contributed by atoms with E-state index in [1.54, 1.807) is 0 Å². The first kappa shape index (κ1) is 8.97. The van der Waals surface area contributed by atoms with Gasteiger partial charge in [0.2, 0.25) is 0 Å². The minimum absolute atomic E-state index is 1.06. The molecule has 0 spiro atoms. The molecule has 1 radical (unpaired) electrons. The summed E-state index contributed by atoms with van der Waals surface area (Å²) in [4.78, 5) is 2.25. The minimum Gasteiger partial charge on any atom is -0.282 e. The summed E-state index contributed by atoms with van der Waals surface area (Å²) < 4.78 is 0. The zero-order valence-electron chi connectivity index (χ0n) is 7.48. The molecule has 1 fully saturated rings. The number of rotatable bonds is 4. The standard InChI is InChI=1S/C8H18N3/c1-3-4-7-11(2)8-9-5-6-10-8/h9-10H,3-7H2,1-2H3. The second kappa shape index (κ2) is 4.70. The third-order valence-corrected chi connectivity index (χ3v) is 1.94. The molecular weight excluding hydrogens is 138 g/mol. The molecular formula is C8H18N3. The predicted molar refractivity (Wildman–Crippen MR) is 46.8 cm³/mol. The van der Waals surface area contributed by atoms with Gasteiger partial charge in [-0.15, -0.1) is 0 Å². The van der Waals surface area contributed by atoms with Crippen molar-refractivity contribution in [2.24, 2.45) is 0 Å². The van der Waals surface area contributed by atoms with E-state index in [-0.39, 0.29) is 0 Å². The Morgan fingerprint density at radius 2 is 2.00 bits per heavy atom. The van der Waals surface area contributed by atoms with Crippen molar-refractivity contribution in [3.05, 3.63) is 6.29 Å². The molecule has 0 aliphatic carbocycles. The van der Waals surface area contributed by atoms with Crippen molar-refractivity contribution in [1.82, 2.24) is 15.5 Å². The Morgan fingerprint density at radius 1 is 1.36 bits per heavy atom. The van der Waals surface area contributed by atoms with E-state index >= 15 is 0 Å². The van der Waals surface area contributed by atoms with Crippen molar-refractivity contribution >= 4 is 0 Å². The smallest absolute Gasteiger partial charge is 0.173 e. The fraction of sp³-hybridized carbons (Fsp3) is 0.875. The van der Waals surface area contributed by atoms with Crippen LogP contribution in [-0.4, -0.2) is 31.6 Å². The average molecular weight is 156 g/mol. The summed E-state index contributed by atoms with van der Waals surface area (Å²) in [6, 6.07) is 0. The molecule has 11 heavy (non-hydrogen) atoms. The third-order valence-electron chi connectivity index (χ3n) is 1.94. The van der Waals surface area contributed by atoms with Crippen LogP contribution in [0.4, 0.5) is 0 Å². The SMILES string of the molecule is CCCCN(C)[C]1NCCN1. The molecule has 2 N–H and O–H groups in total. The van der Waals surface area contributed by atoms with E-state index < -0.39 is 0 Å². The molecule has 1 aliphatic rings. The molecule has 0 amide bonds. The van der Waals surface area contributed by atoms with E-state index in [0.29, 0.717) is 0 Å². The summed E-state index contributed by atoms with van der Waals surface area (Å²) in [6.07, 6.45) is 3.72. The van der Waals surface area contributed by atoms with Gasteiger partial charge in [0.05, 0.1) is 0 Å². The van der Waals surface area contributed by atoms with E-state index in [2.05, 4.69) is 29.5 Å². The Kier molecular flexibility index (Phi) is 3.83. The predicted octanol–water partition coefficient (Wildman–Crippen LogP) is 0.358. The molecule has 3 nitrogen and oxygen atoms in total. The normalized spacial score (nSPS) is 19.9. The lowest BCUT2D eigenvalue weighted by Gasteiger charge is -2.22. The average Bonchev–Trinajstić information content (AvgIpc) is 2.52. The van der Waals surface area contributed by atoms with Gasteiger partial charge < -0.3 is 0 Å². The lowest BCUT2D eigenvalue weighted by molar-refractivity contribution is 0.298. The van der Waals surface area contributed by atoms with Crippen LogP contribution in [0.15, 0.2) is 0 Å². The monoisotopic (exact) mass is 156 g/mol. The topological polar surface area (TPSA) is 27.3 Å². The van der Waals surface area contributed by atoms with Crippen molar-refractivity contribution in [2.75, 3.05) is 26.7 Å². The molecule has 0 atom stereocenters. The van der Waals surface area contributed by atoms with Gasteiger partial charge in [0.1, 0.15) is 0 Å². The van der Waals surface area contributed by atoms with Gasteiger partial charge in [-0.1, -0.05) is 13.3 Å². The maximum absolute atomic E-state index is 3.30. The molecule has 0 aromatic heterocycles. The highest BCUT2D eigenvalue weighted by atomic mass is 15.4. The Hall–Kier alpha value is -0.120. The summed E-state index contributed by atoms with van der Waals surface area (Å²) in [5, 5.41) is 6.59. The summed E-state index contributed by atoms with van der Waals surface area (Å²) in [6.45, 7) is 5.48. The van der Waals surface area contributed by atoms with Gasteiger partial charge in [0.15, 0.2) is 6.29 Å². The second-order valence-corrected chi connectivity index (χ2v) is 2.98. The molecule has 1 saturated heterocycles. The van der Waals surface area contributed by atoms with Crippen LogP contribution >= 0.6 is 0 Å². The molecule has 0 aromatic carbocycles. The number of hydrogen-bond donors (Lipinski definition) is 2. The number of unbranched alkanes of at least 4 members (excludes halogenated alkanes) is 1. The van der Waals surface area contributed by atoms with Crippen molar-refractivity contribution in [1.29, 1.82) is 0 Å². The maximum atomic E-state index is 3.30. The molecule has 65 valence electrons. The lowest BCUT2D eigenvalue weighted by atomic mass is 10.3. The van der Waals surface area contributed by atoms with Crippen LogP contribution in [0, 0.1) is 6.29 Å². The fourth-order valence-corrected chi connectivity index (χ4v) is 1.20. The first-order valence-electron chi connectivity index (χ1n) is 4.40. The van der Waals surface area contributed by atoms with Crippen LogP contribution in [0.1, 0.15) is 19.8 Å². The summed E-state index contributed by atoms with van der Waals surface area (Å²) in [7, 11) is 2.12. The largest absolute Gasteiger partial charge is 0.282 e. The Morgan fingerprint density at radius 3 is 2.55 bits per heavy atom. The zero-order chi connectivity index (χ0) is 8.10. The van der Waals surface area contributed by atoms with Crippen LogP contribution in [0.5, 0.6) is 0 Å². The second-order valence-electron chi connectivity index (χ2n) is 2.98. The van der Waals surface area contributed by atoms with Crippen LogP contribution in [0.25, 0.3) is 0 Å². The summed E-state index contributed by atoms with van der Waals surface area (Å²) >= 11 is 0. The van der Waals surface area contributed by atoms with Crippen molar-refractivity contribution in [3.63, 3.8) is 0 Å². The first-order chi connectivity index (χ1) is 5.34. The minimum atomic E-state index is 1.06. The van der Waals surface area contributed by atoms with E-state index in [9.17, 15) is 0 Å². The van der Waals surface area contributed by atoms with Gasteiger partial charge in [0, 0.05) is 19.6 Å². The lowest BCUT2D eigenvalue weighted by Crippen LogP contribution is -2.38. The van der Waals surface area contributed by atoms with Gasteiger partial charge >= 0.3 is 0 Å². The molecule has 1 aliphatic heterocycles. The highest BCUT2D eigenvalue weighted by Gasteiger charge is 2.18. The Bertz CT molecular complexity index is 99.5. The highest BCUT2D eigenvalue weighted by Crippen LogP contribution is 2.02. The fourth-order valence-electron chi connectivity index (χ4n) is 1.20. The molecule has 0 bridgehead atoms. The quantitative estimate of drug-likeness (QED) is 0.615. The van der Waals surface area contributed by atoms with Gasteiger partial charge in [-0.05, 0) is 13.5 Å². The number of nitrogens with one attached hydrogen (secondary N) is 2. The molecule has 1 rings (SSSR count). The van der Waals surface area contributed by atoms with Gasteiger partial charge in [-0.2, -0.15) is 0 Å². The van der Waals surface area contributed by atoms with Crippen LogP contribution < -0.4 is 10.6 Å². The van der Waals surface area contributed by atoms with E-state index in [1.165, 1.54) is 19.1 Å². The van der Waals surface area contributed by atoms with E-state index in [0.717, 1.165) is 19.6 Å². The third kappa shape index (κ3) is 2.77. The van der Waals surface area contributed by atoms with Gasteiger partial charge in [-0.3, -0.25) is 15.5 Å². The molecule has 0 aromatic rings. The van der Waals surface area contributed by atoms with Crippen molar-refractivity contribution < 1.29 is 0 Å². The zero-order valence-corrected chi connectivity index (χ0v) is 7.48. The number of nitrogens with zero attached hydrogens (tertiary/aromatic N) is 1. The molecule has 1 heterocycles. The molecule has 3 heteroatoms. The van der Waals surface area contributed by atoms with Gasteiger partial charge in [0.25, 0.3) is 0 Å². The van der Waals surface area contributed by atoms with Crippen LogP contribution in [0.2, 0.25) is 0 Å². The maximum Gasteiger partial charge on any atom is 0.173 e. The van der Waals surface area contributed by atoms with Crippen LogP contribution in [-0.2, 0) is 0 Å². The van der Waals surface area contributed by atoms with Crippen LogP contribution in [0.3, 0.4) is 0 Å². The van der Waals surface area contributed by atoms with E-state index in [1.807, 2.05) is 0 Å². The first-order valence-corrected chi connectivity index (χ1v) is 4.40. The molecule has 0 saturated carbocycles. The summed E-state index contributed by atoms with van der Waals surface area (Å²) in [5.74, 6) is 0. The van der Waals surface area contributed by atoms with E-state index in [4.69, 9.17) is 0 Å². The van der Waals surface area contributed by atoms with Crippen molar-refractivity contribution in [3.8, 4) is 0 Å².